The van der Waals surface area contributed by atoms with Crippen molar-refractivity contribution in [3.8, 4) is 22.9 Å². The molecule has 2 aromatic heterocycles. The Hall–Kier alpha value is -4.07. The van der Waals surface area contributed by atoms with Gasteiger partial charge in [-0.1, -0.05) is 30.3 Å². The Labute approximate surface area is 237 Å². The van der Waals surface area contributed by atoms with Gasteiger partial charge >= 0.3 is 0 Å². The molecule has 1 aliphatic heterocycles. The maximum Gasteiger partial charge on any atom is 0.228 e. The molecule has 1 fully saturated rings. The number of anilines is 2. The fourth-order valence-electron chi connectivity index (χ4n) is 4.34. The third kappa shape index (κ3) is 6.99. The molecule has 3 heterocycles. The molecule has 41 heavy (non-hydrogen) atoms. The highest BCUT2D eigenvalue weighted by Crippen LogP contribution is 2.35. The third-order valence-corrected chi connectivity index (χ3v) is 7.40. The second-order valence-electron chi connectivity index (χ2n) is 9.25. The smallest absolute Gasteiger partial charge is 0.228 e. The van der Waals surface area contributed by atoms with Crippen molar-refractivity contribution < 1.29 is 26.9 Å². The molecular weight excluding hydrogens is 557 g/mol. The lowest BCUT2D eigenvalue weighted by Gasteiger charge is -2.29. The molecule has 0 saturated carbocycles. The molecule has 5 rings (SSSR count). The van der Waals surface area contributed by atoms with Crippen LogP contribution in [-0.2, 0) is 21.5 Å². The van der Waals surface area contributed by atoms with Crippen molar-refractivity contribution in [2.45, 2.75) is 24.3 Å². The molecule has 1 saturated heterocycles. The molecule has 0 aliphatic carbocycles. The van der Waals surface area contributed by atoms with E-state index in [2.05, 4.69) is 30.3 Å². The first kappa shape index (κ1) is 28.5. The van der Waals surface area contributed by atoms with Gasteiger partial charge in [-0.3, -0.25) is 4.72 Å². The zero-order valence-corrected chi connectivity index (χ0v) is 22.8. The van der Waals surface area contributed by atoms with Crippen LogP contribution in [0.15, 0.2) is 67.0 Å². The van der Waals surface area contributed by atoms with Gasteiger partial charge in [0, 0.05) is 44.7 Å². The number of halogens is 3. The van der Waals surface area contributed by atoms with Gasteiger partial charge in [-0.2, -0.15) is 4.39 Å². The van der Waals surface area contributed by atoms with Crippen LogP contribution in [0.5, 0.6) is 11.6 Å². The zero-order chi connectivity index (χ0) is 28.8. The van der Waals surface area contributed by atoms with Crippen molar-refractivity contribution in [1.82, 2.24) is 20.3 Å². The van der Waals surface area contributed by atoms with E-state index in [1.165, 1.54) is 6.20 Å². The molecule has 3 atom stereocenters. The number of hydrogen-bond acceptors (Lipinski definition) is 8. The number of aromatic nitrogens is 3. The van der Waals surface area contributed by atoms with Crippen molar-refractivity contribution >= 4 is 22.6 Å². The number of hydrogen-bond donors (Lipinski definition) is 3. The Morgan fingerprint density at radius 1 is 1.02 bits per heavy atom. The van der Waals surface area contributed by atoms with Gasteiger partial charge in [-0.05, 0) is 30.2 Å². The van der Waals surface area contributed by atoms with Gasteiger partial charge in [0.2, 0.25) is 17.6 Å². The summed E-state index contributed by atoms with van der Waals surface area (Å²) in [7, 11) is -0.253. The summed E-state index contributed by atoms with van der Waals surface area (Å²) < 4.78 is 70.5. The van der Waals surface area contributed by atoms with Gasteiger partial charge < -0.3 is 20.1 Å². The van der Waals surface area contributed by atoms with E-state index < -0.39 is 39.9 Å². The lowest BCUT2D eigenvalue weighted by Crippen LogP contribution is -2.46. The van der Waals surface area contributed by atoms with Crippen molar-refractivity contribution in [3.05, 3.63) is 90.0 Å². The maximum atomic E-state index is 15.0. The van der Waals surface area contributed by atoms with E-state index in [0.29, 0.717) is 35.4 Å². The Balaban J connectivity index is 1.35. The number of nitrogens with zero attached hydrogens (tertiary/aromatic N) is 3. The van der Waals surface area contributed by atoms with E-state index in [9.17, 15) is 13.0 Å². The summed E-state index contributed by atoms with van der Waals surface area (Å²) in [6.07, 6.45) is 3.76. The van der Waals surface area contributed by atoms with Crippen molar-refractivity contribution in [2.24, 2.45) is 0 Å². The van der Waals surface area contributed by atoms with Gasteiger partial charge in [0.1, 0.15) is 16.7 Å². The van der Waals surface area contributed by atoms with Crippen LogP contribution < -0.4 is 20.1 Å². The van der Waals surface area contributed by atoms with Crippen LogP contribution in [0.1, 0.15) is 12.0 Å². The highest BCUT2D eigenvalue weighted by atomic mass is 32.2. The number of ether oxygens (including phenoxy) is 2. The molecule has 9 nitrogen and oxygen atoms in total. The Morgan fingerprint density at radius 3 is 2.66 bits per heavy atom. The van der Waals surface area contributed by atoms with Crippen LogP contribution in [-0.4, -0.2) is 51.5 Å². The average molecular weight is 585 g/mol. The molecule has 4 aromatic rings. The van der Waals surface area contributed by atoms with Crippen molar-refractivity contribution in [1.29, 1.82) is 0 Å². The SMILES string of the molecule is COC1CNCC(Nc2nccc(-c3cccnc3Oc3cc(F)c(NS(=O)Cc4ccccc4)c(F)c3F)n2)C1. The molecular formula is C28H27F3N6O3S. The van der Waals surface area contributed by atoms with Crippen LogP contribution in [0.4, 0.5) is 24.8 Å². The first-order valence-corrected chi connectivity index (χ1v) is 14.1. The Kier molecular flexibility index (Phi) is 9.07. The van der Waals surface area contributed by atoms with E-state index in [4.69, 9.17) is 9.47 Å². The maximum absolute atomic E-state index is 15.0. The molecule has 214 valence electrons. The van der Waals surface area contributed by atoms with E-state index in [0.717, 1.165) is 13.0 Å². The summed E-state index contributed by atoms with van der Waals surface area (Å²) in [5.74, 6) is -4.75. The standard InChI is InChI=1S/C28H27F3N6O3S/c1-39-19-12-18(14-32-15-19)35-28-34-11-9-22(36-28)20-8-5-10-33-27(20)40-23-13-21(29)26(25(31)24(23)30)37-41(38)16-17-6-3-2-4-7-17/h2-11,13,18-19,32,37H,12,14-16H2,1H3,(H,34,35,36). The average Bonchev–Trinajstić information content (AvgIpc) is 2.99. The largest absolute Gasteiger partial charge is 0.435 e. The summed E-state index contributed by atoms with van der Waals surface area (Å²) in [6, 6.07) is 14.3. The van der Waals surface area contributed by atoms with Crippen LogP contribution >= 0.6 is 0 Å². The predicted molar refractivity (Wildman–Crippen MR) is 149 cm³/mol. The van der Waals surface area contributed by atoms with E-state index in [-0.39, 0.29) is 23.8 Å². The lowest BCUT2D eigenvalue weighted by molar-refractivity contribution is 0.0770. The number of benzene rings is 2. The lowest BCUT2D eigenvalue weighted by atomic mass is 10.1. The van der Waals surface area contributed by atoms with Gasteiger partial charge in [0.15, 0.2) is 17.4 Å². The van der Waals surface area contributed by atoms with E-state index >= 15 is 4.39 Å². The highest BCUT2D eigenvalue weighted by Gasteiger charge is 2.24. The molecule has 3 unspecified atom stereocenters. The Morgan fingerprint density at radius 2 is 1.85 bits per heavy atom. The topological polar surface area (TPSA) is 110 Å². The minimum absolute atomic E-state index is 0.0303. The fraction of sp³-hybridized carbons (Fsp3) is 0.250. The van der Waals surface area contributed by atoms with E-state index in [1.54, 1.807) is 61.8 Å². The summed E-state index contributed by atoms with van der Waals surface area (Å²) in [5.41, 5.74) is 0.569. The molecule has 0 amide bonds. The number of pyridine rings is 1. The molecule has 3 N–H and O–H groups in total. The number of nitrogens with one attached hydrogen (secondary N) is 3. The minimum atomic E-state index is -1.91. The van der Waals surface area contributed by atoms with Gasteiger partial charge in [0.25, 0.3) is 0 Å². The minimum Gasteiger partial charge on any atom is -0.435 e. The molecule has 1 aliphatic rings. The number of piperidine rings is 1. The van der Waals surface area contributed by atoms with E-state index in [1.807, 2.05) is 0 Å². The first-order valence-electron chi connectivity index (χ1n) is 12.7. The monoisotopic (exact) mass is 584 g/mol. The fourth-order valence-corrected chi connectivity index (χ4v) is 5.32. The molecule has 2 aromatic carbocycles. The van der Waals surface area contributed by atoms with Gasteiger partial charge in [-0.25, -0.2) is 27.9 Å². The number of methoxy groups -OCH3 is 1. The molecule has 0 spiro atoms. The first-order chi connectivity index (χ1) is 19.9. The summed E-state index contributed by atoms with van der Waals surface area (Å²) >= 11 is 0. The summed E-state index contributed by atoms with van der Waals surface area (Å²) in [6.45, 7) is 1.46. The number of rotatable bonds is 10. The van der Waals surface area contributed by atoms with Gasteiger partial charge in [-0.15, -0.1) is 0 Å². The Bertz CT molecular complexity index is 1530. The molecule has 0 bridgehead atoms. The normalized spacial score (nSPS) is 17.6. The second-order valence-corrected chi connectivity index (χ2v) is 10.4. The van der Waals surface area contributed by atoms with Crippen LogP contribution in [0.25, 0.3) is 11.3 Å². The summed E-state index contributed by atoms with van der Waals surface area (Å²) in [5, 5.41) is 6.56. The second kappa shape index (κ2) is 13.1. The zero-order valence-electron chi connectivity index (χ0n) is 21.9. The predicted octanol–water partition coefficient (Wildman–Crippen LogP) is 4.81. The highest BCUT2D eigenvalue weighted by molar-refractivity contribution is 7.85. The van der Waals surface area contributed by atoms with Crippen LogP contribution in [0.3, 0.4) is 0 Å². The quantitative estimate of drug-likeness (QED) is 0.228. The summed E-state index contributed by atoms with van der Waals surface area (Å²) in [4.78, 5) is 12.9. The molecule has 0 radical (unpaired) electrons. The van der Waals surface area contributed by atoms with Gasteiger partial charge in [0.05, 0.1) is 23.1 Å². The van der Waals surface area contributed by atoms with Crippen molar-refractivity contribution in [3.63, 3.8) is 0 Å². The molecule has 13 heteroatoms. The third-order valence-electron chi connectivity index (χ3n) is 6.37. The van der Waals surface area contributed by atoms with Crippen LogP contribution in [0, 0.1) is 17.5 Å². The van der Waals surface area contributed by atoms with Crippen molar-refractivity contribution in [2.75, 3.05) is 30.2 Å². The van der Waals surface area contributed by atoms with Crippen LogP contribution in [0.2, 0.25) is 0 Å².